The van der Waals surface area contributed by atoms with Gasteiger partial charge in [0.1, 0.15) is 6.61 Å². The van der Waals surface area contributed by atoms with E-state index in [9.17, 15) is 10.1 Å². The van der Waals surface area contributed by atoms with Crippen molar-refractivity contribution in [1.82, 2.24) is 0 Å². The molecule has 72 valence electrons. The highest BCUT2D eigenvalue weighted by Crippen LogP contribution is 2.26. The smallest absolute Gasteiger partial charge is 0.235 e. The van der Waals surface area contributed by atoms with E-state index in [0.29, 0.717) is 12.4 Å². The number of hydrogen-bond acceptors (Lipinski definition) is 4. The van der Waals surface area contributed by atoms with E-state index >= 15 is 0 Å². The summed E-state index contributed by atoms with van der Waals surface area (Å²) in [6.45, 7) is 0.384. The van der Waals surface area contributed by atoms with Crippen LogP contribution >= 0.6 is 0 Å². The Labute approximate surface area is 79.6 Å². The Bertz CT molecular complexity index is 400. The van der Waals surface area contributed by atoms with Crippen molar-refractivity contribution in [3.63, 3.8) is 0 Å². The summed E-state index contributed by atoms with van der Waals surface area (Å²) >= 11 is 0. The van der Waals surface area contributed by atoms with Gasteiger partial charge in [0, 0.05) is 11.6 Å². The highest BCUT2D eigenvalue weighted by molar-refractivity contribution is 5.52. The Kier molecular flexibility index (Phi) is 2.16. The van der Waals surface area contributed by atoms with Crippen LogP contribution in [0.3, 0.4) is 0 Å². The van der Waals surface area contributed by atoms with Crippen molar-refractivity contribution < 1.29 is 14.7 Å². The Morgan fingerprint density at radius 3 is 3.14 bits per heavy atom. The molecule has 0 saturated carbocycles. The normalized spacial score (nSPS) is 14.0. The van der Waals surface area contributed by atoms with Gasteiger partial charge in [0.05, 0.1) is 4.92 Å². The Morgan fingerprint density at radius 2 is 2.36 bits per heavy atom. The summed E-state index contributed by atoms with van der Waals surface area (Å²) in [7, 11) is 0. The fourth-order valence-electron chi connectivity index (χ4n) is 1.20. The SMILES string of the molecule is O=[N+]([O-])C=Cc1ccc2c(c1)COO2. The molecule has 1 aliphatic rings. The zero-order valence-electron chi connectivity index (χ0n) is 7.17. The third-order valence-electron chi connectivity index (χ3n) is 1.84. The topological polar surface area (TPSA) is 61.6 Å². The first-order chi connectivity index (χ1) is 6.75. The molecule has 2 rings (SSSR count). The summed E-state index contributed by atoms with van der Waals surface area (Å²) in [4.78, 5) is 19.1. The molecule has 0 aromatic heterocycles. The van der Waals surface area contributed by atoms with Crippen molar-refractivity contribution in [1.29, 1.82) is 0 Å². The molecule has 5 nitrogen and oxygen atoms in total. The molecule has 0 unspecified atom stereocenters. The van der Waals surface area contributed by atoms with Crippen LogP contribution in [-0.2, 0) is 11.5 Å². The lowest BCUT2D eigenvalue weighted by Crippen LogP contribution is -1.83. The molecular formula is C9H7NO4. The van der Waals surface area contributed by atoms with Crippen LogP contribution in [0.4, 0.5) is 0 Å². The third-order valence-corrected chi connectivity index (χ3v) is 1.84. The van der Waals surface area contributed by atoms with Crippen LogP contribution in [0.1, 0.15) is 11.1 Å². The molecule has 0 fully saturated rings. The predicted octanol–water partition coefficient (Wildman–Crippen LogP) is 1.76. The summed E-state index contributed by atoms with van der Waals surface area (Å²) < 4.78 is 0. The average Bonchev–Trinajstić information content (AvgIpc) is 2.61. The summed E-state index contributed by atoms with van der Waals surface area (Å²) in [5.41, 5.74) is 1.66. The summed E-state index contributed by atoms with van der Waals surface area (Å²) in [5, 5.41) is 10.1. The maximum atomic E-state index is 10.1. The number of benzene rings is 1. The van der Waals surface area contributed by atoms with E-state index in [1.807, 2.05) is 0 Å². The first-order valence-electron chi connectivity index (χ1n) is 4.00. The minimum Gasteiger partial charge on any atom is -0.337 e. The van der Waals surface area contributed by atoms with Gasteiger partial charge < -0.3 is 4.89 Å². The van der Waals surface area contributed by atoms with E-state index in [1.165, 1.54) is 6.08 Å². The quantitative estimate of drug-likeness (QED) is 0.408. The first kappa shape index (κ1) is 8.71. The molecule has 0 saturated heterocycles. The van der Waals surface area contributed by atoms with Crippen LogP contribution in [0.25, 0.3) is 6.08 Å². The second-order valence-electron chi connectivity index (χ2n) is 2.81. The van der Waals surface area contributed by atoms with Gasteiger partial charge in [-0.2, -0.15) is 4.89 Å². The average molecular weight is 193 g/mol. The van der Waals surface area contributed by atoms with Crippen LogP contribution in [-0.4, -0.2) is 4.92 Å². The monoisotopic (exact) mass is 193 g/mol. The van der Waals surface area contributed by atoms with Gasteiger partial charge in [0.2, 0.25) is 6.20 Å². The van der Waals surface area contributed by atoms with Crippen LogP contribution in [0.15, 0.2) is 24.4 Å². The van der Waals surface area contributed by atoms with Crippen LogP contribution in [0.2, 0.25) is 0 Å². The van der Waals surface area contributed by atoms with E-state index < -0.39 is 4.92 Å². The summed E-state index contributed by atoms with van der Waals surface area (Å²) in [5.74, 6) is 0.670. The molecule has 5 heteroatoms. The third kappa shape index (κ3) is 1.72. The molecule has 0 spiro atoms. The largest absolute Gasteiger partial charge is 0.337 e. The fraction of sp³-hybridized carbons (Fsp3) is 0.111. The molecule has 14 heavy (non-hydrogen) atoms. The van der Waals surface area contributed by atoms with Gasteiger partial charge in [-0.3, -0.25) is 10.1 Å². The molecule has 0 amide bonds. The van der Waals surface area contributed by atoms with Crippen LogP contribution in [0, 0.1) is 10.1 Å². The first-order valence-corrected chi connectivity index (χ1v) is 4.00. The number of hydrogen-bond donors (Lipinski definition) is 0. The molecule has 1 aliphatic heterocycles. The molecule has 1 aromatic carbocycles. The van der Waals surface area contributed by atoms with Crippen molar-refractivity contribution in [2.24, 2.45) is 0 Å². The lowest BCUT2D eigenvalue weighted by molar-refractivity contribution is -0.400. The predicted molar refractivity (Wildman–Crippen MR) is 47.9 cm³/mol. The zero-order valence-corrected chi connectivity index (χ0v) is 7.17. The van der Waals surface area contributed by atoms with Crippen molar-refractivity contribution in [3.8, 4) is 5.75 Å². The second-order valence-corrected chi connectivity index (χ2v) is 2.81. The molecule has 0 radical (unpaired) electrons. The van der Waals surface area contributed by atoms with Gasteiger partial charge in [0.25, 0.3) is 0 Å². The molecular weight excluding hydrogens is 186 g/mol. The van der Waals surface area contributed by atoms with E-state index in [-0.39, 0.29) is 0 Å². The van der Waals surface area contributed by atoms with E-state index in [2.05, 4.69) is 0 Å². The number of fused-ring (bicyclic) bond motifs is 1. The minimum absolute atomic E-state index is 0.384. The van der Waals surface area contributed by atoms with Gasteiger partial charge in [-0.25, -0.2) is 0 Å². The van der Waals surface area contributed by atoms with Crippen LogP contribution in [0.5, 0.6) is 5.75 Å². The summed E-state index contributed by atoms with van der Waals surface area (Å²) in [6.07, 6.45) is 2.33. The second kappa shape index (κ2) is 3.47. The standard InChI is InChI=1S/C9H7NO4/c11-10(12)4-3-7-1-2-9-8(5-7)6-13-14-9/h1-5H,6H2. The number of nitrogens with zero attached hydrogens (tertiary/aromatic N) is 1. The van der Waals surface area contributed by atoms with Crippen molar-refractivity contribution in [2.45, 2.75) is 6.61 Å². The zero-order chi connectivity index (χ0) is 9.97. The maximum absolute atomic E-state index is 10.1. The Morgan fingerprint density at radius 1 is 1.50 bits per heavy atom. The molecule has 1 aromatic rings. The fourth-order valence-corrected chi connectivity index (χ4v) is 1.20. The molecule has 0 bridgehead atoms. The van der Waals surface area contributed by atoms with E-state index in [1.54, 1.807) is 18.2 Å². The van der Waals surface area contributed by atoms with Crippen molar-refractivity contribution in [3.05, 3.63) is 45.6 Å². The highest BCUT2D eigenvalue weighted by Gasteiger charge is 2.12. The number of nitro groups is 1. The van der Waals surface area contributed by atoms with E-state index in [4.69, 9.17) is 9.78 Å². The van der Waals surface area contributed by atoms with Crippen molar-refractivity contribution >= 4 is 6.08 Å². The lowest BCUT2D eigenvalue weighted by atomic mass is 10.1. The highest BCUT2D eigenvalue weighted by atomic mass is 17.2. The molecule has 0 aliphatic carbocycles. The lowest BCUT2D eigenvalue weighted by Gasteiger charge is -1.95. The minimum atomic E-state index is -0.500. The maximum Gasteiger partial charge on any atom is 0.235 e. The molecule has 0 N–H and O–H groups in total. The molecule has 1 heterocycles. The van der Waals surface area contributed by atoms with Gasteiger partial charge >= 0.3 is 0 Å². The van der Waals surface area contributed by atoms with E-state index in [0.717, 1.165) is 17.3 Å². The molecule has 0 atom stereocenters. The summed E-state index contributed by atoms with van der Waals surface area (Å²) in [6, 6.07) is 5.25. The van der Waals surface area contributed by atoms with Crippen molar-refractivity contribution in [2.75, 3.05) is 0 Å². The van der Waals surface area contributed by atoms with Crippen LogP contribution < -0.4 is 4.89 Å². The van der Waals surface area contributed by atoms with Gasteiger partial charge in [0.15, 0.2) is 5.75 Å². The van der Waals surface area contributed by atoms with Gasteiger partial charge in [-0.15, -0.1) is 0 Å². The van der Waals surface area contributed by atoms with Gasteiger partial charge in [-0.1, -0.05) is 6.07 Å². The van der Waals surface area contributed by atoms with Gasteiger partial charge in [-0.05, 0) is 17.7 Å². The Hall–Kier alpha value is -1.88. The Balaban J connectivity index is 2.25. The number of rotatable bonds is 2.